The second-order valence-corrected chi connectivity index (χ2v) is 7.78. The van der Waals surface area contributed by atoms with E-state index in [1.807, 2.05) is 11.4 Å². The van der Waals surface area contributed by atoms with E-state index in [2.05, 4.69) is 4.72 Å². The van der Waals surface area contributed by atoms with Gasteiger partial charge in [0.05, 0.1) is 10.6 Å². The Balaban J connectivity index is 1.71. The van der Waals surface area contributed by atoms with E-state index in [1.165, 1.54) is 30.3 Å². The normalized spacial score (nSPS) is 14.4. The molecule has 2 aromatic rings. The summed E-state index contributed by atoms with van der Waals surface area (Å²) in [4.78, 5) is 35.4. The maximum atomic E-state index is 12.5. The molecular formula is C19H17N3O5S. The summed E-state index contributed by atoms with van der Waals surface area (Å²) >= 11 is 0. The Morgan fingerprint density at radius 2 is 1.79 bits per heavy atom. The van der Waals surface area contributed by atoms with Crippen LogP contribution in [0.1, 0.15) is 11.1 Å². The number of sulfonamides is 1. The molecule has 0 unspecified atom stereocenters. The molecule has 0 aliphatic carbocycles. The molecule has 3 rings (SSSR count). The van der Waals surface area contributed by atoms with Crippen molar-refractivity contribution in [3.05, 3.63) is 65.7 Å². The summed E-state index contributed by atoms with van der Waals surface area (Å²) in [7, 11) is -3.75. The van der Waals surface area contributed by atoms with Crippen molar-refractivity contribution in [3.63, 3.8) is 0 Å². The van der Waals surface area contributed by atoms with Crippen LogP contribution in [-0.2, 0) is 19.6 Å². The Kier molecular flexibility index (Phi) is 5.27. The Morgan fingerprint density at radius 3 is 2.39 bits per heavy atom. The van der Waals surface area contributed by atoms with Gasteiger partial charge in [-0.1, -0.05) is 30.3 Å². The molecule has 144 valence electrons. The predicted octanol–water partition coefficient (Wildman–Crippen LogP) is 1.89. The van der Waals surface area contributed by atoms with Crippen LogP contribution in [0.4, 0.5) is 10.5 Å². The van der Waals surface area contributed by atoms with Gasteiger partial charge in [-0.2, -0.15) is 0 Å². The standard InChI is InChI=1S/C19H17N3O5S/c1-13-4-2-3-5-16(13)21-28(26,27)15-9-6-14(7-10-15)8-11-18(24)22-12-17(23)20-19(22)25/h2-11,21H,12H2,1H3,(H,20,23,25)/b11-8+. The Labute approximate surface area is 161 Å². The minimum atomic E-state index is -3.75. The molecule has 2 aromatic carbocycles. The van der Waals surface area contributed by atoms with E-state index in [0.29, 0.717) is 11.3 Å². The van der Waals surface area contributed by atoms with E-state index >= 15 is 0 Å². The monoisotopic (exact) mass is 399 g/mol. The van der Waals surface area contributed by atoms with Crippen molar-refractivity contribution in [1.29, 1.82) is 0 Å². The van der Waals surface area contributed by atoms with Crippen LogP contribution in [0.5, 0.6) is 0 Å². The lowest BCUT2D eigenvalue weighted by Gasteiger charge is -2.10. The van der Waals surface area contributed by atoms with Crippen LogP contribution < -0.4 is 10.0 Å². The van der Waals surface area contributed by atoms with Gasteiger partial charge in [-0.15, -0.1) is 0 Å². The van der Waals surface area contributed by atoms with Crippen molar-refractivity contribution in [3.8, 4) is 0 Å². The van der Waals surface area contributed by atoms with Crippen LogP contribution in [0, 0.1) is 6.92 Å². The minimum absolute atomic E-state index is 0.0729. The molecule has 0 bridgehead atoms. The summed E-state index contributed by atoms with van der Waals surface area (Å²) in [6.07, 6.45) is 2.58. The number of carbonyl (C=O) groups is 3. The van der Waals surface area contributed by atoms with Gasteiger partial charge in [-0.05, 0) is 42.3 Å². The third-order valence-corrected chi connectivity index (χ3v) is 5.44. The van der Waals surface area contributed by atoms with E-state index in [4.69, 9.17) is 0 Å². The number of aryl methyl sites for hydroxylation is 1. The number of amides is 4. The van der Waals surface area contributed by atoms with Crippen molar-refractivity contribution in [2.45, 2.75) is 11.8 Å². The van der Waals surface area contributed by atoms with Gasteiger partial charge in [0.25, 0.3) is 15.9 Å². The number of hydrogen-bond donors (Lipinski definition) is 2. The van der Waals surface area contributed by atoms with Gasteiger partial charge in [-0.3, -0.25) is 24.5 Å². The third kappa shape index (κ3) is 4.26. The molecule has 0 atom stereocenters. The molecule has 1 fully saturated rings. The van der Waals surface area contributed by atoms with Crippen molar-refractivity contribution in [1.82, 2.24) is 10.2 Å². The average Bonchev–Trinajstić information content (AvgIpc) is 3.00. The lowest BCUT2D eigenvalue weighted by Crippen LogP contribution is -2.32. The molecule has 2 N–H and O–H groups in total. The molecule has 1 heterocycles. The minimum Gasteiger partial charge on any atom is -0.279 e. The zero-order chi connectivity index (χ0) is 20.3. The van der Waals surface area contributed by atoms with Crippen molar-refractivity contribution in [2.24, 2.45) is 0 Å². The summed E-state index contributed by atoms with van der Waals surface area (Å²) in [5.41, 5.74) is 1.86. The van der Waals surface area contributed by atoms with E-state index in [9.17, 15) is 22.8 Å². The number of imide groups is 2. The number of para-hydroxylation sites is 1. The lowest BCUT2D eigenvalue weighted by molar-refractivity contribution is -0.126. The molecule has 1 saturated heterocycles. The first-order valence-electron chi connectivity index (χ1n) is 8.28. The number of rotatable bonds is 5. The number of nitrogens with one attached hydrogen (secondary N) is 2. The fourth-order valence-electron chi connectivity index (χ4n) is 2.53. The number of anilines is 1. The molecule has 1 aliphatic rings. The molecule has 0 aromatic heterocycles. The molecule has 9 heteroatoms. The van der Waals surface area contributed by atoms with Gasteiger partial charge in [0.15, 0.2) is 0 Å². The highest BCUT2D eigenvalue weighted by atomic mass is 32.2. The number of hydrogen-bond acceptors (Lipinski definition) is 5. The molecule has 28 heavy (non-hydrogen) atoms. The number of urea groups is 1. The van der Waals surface area contributed by atoms with Gasteiger partial charge in [0.1, 0.15) is 6.54 Å². The fraction of sp³-hybridized carbons (Fsp3) is 0.105. The number of nitrogens with zero attached hydrogens (tertiary/aromatic N) is 1. The van der Waals surface area contributed by atoms with Gasteiger partial charge in [0, 0.05) is 6.08 Å². The topological polar surface area (TPSA) is 113 Å². The second-order valence-electron chi connectivity index (χ2n) is 6.10. The lowest BCUT2D eigenvalue weighted by atomic mass is 10.2. The van der Waals surface area contributed by atoms with Gasteiger partial charge >= 0.3 is 6.03 Å². The highest BCUT2D eigenvalue weighted by Gasteiger charge is 2.30. The van der Waals surface area contributed by atoms with Crippen LogP contribution in [0.15, 0.2) is 59.5 Å². The Morgan fingerprint density at radius 1 is 1.11 bits per heavy atom. The predicted molar refractivity (Wildman–Crippen MR) is 103 cm³/mol. The molecule has 8 nitrogen and oxygen atoms in total. The Bertz CT molecular complexity index is 1080. The first-order valence-corrected chi connectivity index (χ1v) is 9.76. The van der Waals surface area contributed by atoms with E-state index in [1.54, 1.807) is 25.1 Å². The largest absolute Gasteiger partial charge is 0.331 e. The maximum absolute atomic E-state index is 12.5. The van der Waals surface area contributed by atoms with E-state index in [-0.39, 0.29) is 11.4 Å². The smallest absolute Gasteiger partial charge is 0.279 e. The van der Waals surface area contributed by atoms with Crippen LogP contribution in [0.3, 0.4) is 0 Å². The molecule has 4 amide bonds. The average molecular weight is 399 g/mol. The first kappa shape index (κ1) is 19.3. The molecule has 0 saturated carbocycles. The second kappa shape index (κ2) is 7.65. The third-order valence-electron chi connectivity index (χ3n) is 4.06. The summed E-state index contributed by atoms with van der Waals surface area (Å²) in [5.74, 6) is -1.18. The fourth-order valence-corrected chi connectivity index (χ4v) is 3.66. The zero-order valence-corrected chi connectivity index (χ0v) is 15.7. The Hall–Kier alpha value is -3.46. The maximum Gasteiger partial charge on any atom is 0.331 e. The van der Waals surface area contributed by atoms with Crippen LogP contribution >= 0.6 is 0 Å². The van der Waals surface area contributed by atoms with E-state index < -0.39 is 27.9 Å². The quantitative estimate of drug-likeness (QED) is 0.589. The van der Waals surface area contributed by atoms with Gasteiger partial charge < -0.3 is 0 Å². The van der Waals surface area contributed by atoms with Crippen LogP contribution in [-0.4, -0.2) is 37.7 Å². The van der Waals surface area contributed by atoms with Crippen LogP contribution in [0.25, 0.3) is 6.08 Å². The van der Waals surface area contributed by atoms with Gasteiger partial charge in [-0.25, -0.2) is 13.2 Å². The van der Waals surface area contributed by atoms with Gasteiger partial charge in [0.2, 0.25) is 5.91 Å². The van der Waals surface area contributed by atoms with Crippen molar-refractivity contribution < 1.29 is 22.8 Å². The highest BCUT2D eigenvalue weighted by molar-refractivity contribution is 7.92. The highest BCUT2D eigenvalue weighted by Crippen LogP contribution is 2.20. The molecule has 0 spiro atoms. The molecule has 1 aliphatic heterocycles. The van der Waals surface area contributed by atoms with Crippen molar-refractivity contribution >= 4 is 39.6 Å². The zero-order valence-electron chi connectivity index (χ0n) is 14.9. The van der Waals surface area contributed by atoms with Crippen LogP contribution in [0.2, 0.25) is 0 Å². The summed E-state index contributed by atoms with van der Waals surface area (Å²) < 4.78 is 27.5. The van der Waals surface area contributed by atoms with Crippen molar-refractivity contribution in [2.75, 3.05) is 11.3 Å². The SMILES string of the molecule is Cc1ccccc1NS(=O)(=O)c1ccc(/C=C/C(=O)N2CC(=O)NC2=O)cc1. The summed E-state index contributed by atoms with van der Waals surface area (Å²) in [6.45, 7) is 1.49. The van der Waals surface area contributed by atoms with E-state index in [0.717, 1.165) is 16.5 Å². The molecular weight excluding hydrogens is 382 g/mol. The number of carbonyl (C=O) groups excluding carboxylic acids is 3. The number of benzene rings is 2. The molecule has 0 radical (unpaired) electrons. The summed E-state index contributed by atoms with van der Waals surface area (Å²) in [6, 6.07) is 12.2. The summed E-state index contributed by atoms with van der Waals surface area (Å²) in [5, 5.41) is 2.01. The first-order chi connectivity index (χ1) is 13.3.